The summed E-state index contributed by atoms with van der Waals surface area (Å²) in [5, 5.41) is 0. The van der Waals surface area contributed by atoms with Crippen LogP contribution in [-0.4, -0.2) is 13.2 Å². The van der Waals surface area contributed by atoms with Crippen molar-refractivity contribution in [3.05, 3.63) is 29.6 Å². The first-order valence-electron chi connectivity index (χ1n) is 6.22. The van der Waals surface area contributed by atoms with E-state index in [0.29, 0.717) is 19.1 Å². The smallest absolute Gasteiger partial charge is 0.123 e. The predicted molar refractivity (Wildman–Crippen MR) is 68.8 cm³/mol. The van der Waals surface area contributed by atoms with Crippen molar-refractivity contribution in [2.24, 2.45) is 11.7 Å². The van der Waals surface area contributed by atoms with E-state index in [2.05, 4.69) is 13.8 Å². The number of halogens is 1. The van der Waals surface area contributed by atoms with E-state index >= 15 is 0 Å². The summed E-state index contributed by atoms with van der Waals surface area (Å²) in [6.07, 6.45) is 0.934. The molecular weight excluding hydrogens is 217 g/mol. The van der Waals surface area contributed by atoms with E-state index in [1.807, 2.05) is 6.92 Å². The van der Waals surface area contributed by atoms with Gasteiger partial charge < -0.3 is 10.5 Å². The molecule has 0 bridgehead atoms. The summed E-state index contributed by atoms with van der Waals surface area (Å²) < 4.78 is 18.9. The quantitative estimate of drug-likeness (QED) is 0.826. The zero-order valence-electron chi connectivity index (χ0n) is 10.9. The second kappa shape index (κ2) is 6.60. The molecule has 0 radical (unpaired) electrons. The summed E-state index contributed by atoms with van der Waals surface area (Å²) in [6.45, 7) is 7.41. The van der Waals surface area contributed by atoms with Gasteiger partial charge in [-0.1, -0.05) is 13.8 Å². The Kier molecular flexibility index (Phi) is 5.42. The highest BCUT2D eigenvalue weighted by molar-refractivity contribution is 5.36. The molecule has 2 atom stereocenters. The van der Waals surface area contributed by atoms with Crippen LogP contribution in [0.5, 0.6) is 5.75 Å². The van der Waals surface area contributed by atoms with Gasteiger partial charge in [-0.25, -0.2) is 4.39 Å². The molecule has 1 aromatic rings. The monoisotopic (exact) mass is 239 g/mol. The van der Waals surface area contributed by atoms with Crippen molar-refractivity contribution < 1.29 is 9.13 Å². The van der Waals surface area contributed by atoms with Crippen LogP contribution >= 0.6 is 0 Å². The number of nitrogens with two attached hydrogens (primary N) is 1. The second-order valence-electron chi connectivity index (χ2n) is 4.46. The molecule has 3 heteroatoms. The number of benzene rings is 1. The molecule has 0 aliphatic heterocycles. The first-order valence-corrected chi connectivity index (χ1v) is 6.22. The lowest BCUT2D eigenvalue weighted by molar-refractivity contribution is 0.328. The van der Waals surface area contributed by atoms with Crippen molar-refractivity contribution in [3.8, 4) is 5.75 Å². The number of hydrogen-bond acceptors (Lipinski definition) is 2. The molecule has 0 saturated heterocycles. The molecular formula is C14H22FNO. The Morgan fingerprint density at radius 1 is 1.35 bits per heavy atom. The Balaban J connectivity index is 2.96. The summed E-state index contributed by atoms with van der Waals surface area (Å²) in [5.41, 5.74) is 6.50. The van der Waals surface area contributed by atoms with E-state index in [0.717, 1.165) is 17.7 Å². The summed E-state index contributed by atoms with van der Waals surface area (Å²) >= 11 is 0. The van der Waals surface area contributed by atoms with Gasteiger partial charge in [0, 0.05) is 5.56 Å². The van der Waals surface area contributed by atoms with Crippen LogP contribution < -0.4 is 10.5 Å². The van der Waals surface area contributed by atoms with Gasteiger partial charge in [0.2, 0.25) is 0 Å². The van der Waals surface area contributed by atoms with Crippen LogP contribution in [0.2, 0.25) is 0 Å². The van der Waals surface area contributed by atoms with Crippen molar-refractivity contribution in [2.75, 3.05) is 13.2 Å². The standard InChI is InChI=1S/C14H22FNO/c1-4-17-14-6-5-12(15)9-13(14)11(3)10(2)7-8-16/h5-6,9-11H,4,7-8,16H2,1-3H3. The molecule has 0 spiro atoms. The lowest BCUT2D eigenvalue weighted by atomic mass is 9.86. The SMILES string of the molecule is CCOc1ccc(F)cc1C(C)C(C)CCN. The zero-order chi connectivity index (χ0) is 12.8. The molecule has 1 aromatic carbocycles. The van der Waals surface area contributed by atoms with Crippen LogP contribution in [0.15, 0.2) is 18.2 Å². The van der Waals surface area contributed by atoms with Gasteiger partial charge in [-0.05, 0) is 49.9 Å². The Hall–Kier alpha value is -1.09. The molecule has 0 aliphatic carbocycles. The molecule has 0 heterocycles. The molecule has 96 valence electrons. The van der Waals surface area contributed by atoms with Crippen LogP contribution in [0.3, 0.4) is 0 Å². The van der Waals surface area contributed by atoms with Crippen LogP contribution in [0.25, 0.3) is 0 Å². The maximum atomic E-state index is 13.3. The molecule has 17 heavy (non-hydrogen) atoms. The lowest BCUT2D eigenvalue weighted by Crippen LogP contribution is -2.13. The first-order chi connectivity index (χ1) is 8.10. The van der Waals surface area contributed by atoms with Gasteiger partial charge in [0.05, 0.1) is 6.61 Å². The van der Waals surface area contributed by atoms with E-state index in [9.17, 15) is 4.39 Å². The van der Waals surface area contributed by atoms with Crippen molar-refractivity contribution in [1.29, 1.82) is 0 Å². The van der Waals surface area contributed by atoms with Gasteiger partial charge in [0.25, 0.3) is 0 Å². The van der Waals surface area contributed by atoms with Gasteiger partial charge >= 0.3 is 0 Å². The highest BCUT2D eigenvalue weighted by atomic mass is 19.1. The fraction of sp³-hybridized carbons (Fsp3) is 0.571. The summed E-state index contributed by atoms with van der Waals surface area (Å²) in [7, 11) is 0. The van der Waals surface area contributed by atoms with E-state index in [4.69, 9.17) is 10.5 Å². The minimum Gasteiger partial charge on any atom is -0.494 e. The van der Waals surface area contributed by atoms with E-state index in [1.165, 1.54) is 6.07 Å². The topological polar surface area (TPSA) is 35.2 Å². The third kappa shape index (κ3) is 3.70. The molecule has 0 fully saturated rings. The molecule has 0 aliphatic rings. The average molecular weight is 239 g/mol. The summed E-state index contributed by atoms with van der Waals surface area (Å²) in [6, 6.07) is 4.72. The van der Waals surface area contributed by atoms with Gasteiger partial charge in [0.15, 0.2) is 0 Å². The minimum absolute atomic E-state index is 0.213. The highest BCUT2D eigenvalue weighted by Crippen LogP contribution is 2.33. The maximum Gasteiger partial charge on any atom is 0.123 e. The zero-order valence-corrected chi connectivity index (χ0v) is 10.9. The Labute approximate surface area is 103 Å². The average Bonchev–Trinajstić information content (AvgIpc) is 2.31. The normalized spacial score (nSPS) is 14.4. The fourth-order valence-corrected chi connectivity index (χ4v) is 1.98. The lowest BCUT2D eigenvalue weighted by Gasteiger charge is -2.22. The maximum absolute atomic E-state index is 13.3. The number of hydrogen-bond donors (Lipinski definition) is 1. The molecule has 0 saturated carbocycles. The predicted octanol–water partition coefficient (Wildman–Crippen LogP) is 3.31. The van der Waals surface area contributed by atoms with Crippen LogP contribution in [0.1, 0.15) is 38.7 Å². The summed E-state index contributed by atoms with van der Waals surface area (Å²) in [4.78, 5) is 0. The molecule has 1 rings (SSSR count). The second-order valence-corrected chi connectivity index (χ2v) is 4.46. The van der Waals surface area contributed by atoms with Crippen molar-refractivity contribution >= 4 is 0 Å². The largest absolute Gasteiger partial charge is 0.494 e. The van der Waals surface area contributed by atoms with Gasteiger partial charge in [-0.15, -0.1) is 0 Å². The van der Waals surface area contributed by atoms with Crippen molar-refractivity contribution in [3.63, 3.8) is 0 Å². The number of rotatable bonds is 6. The van der Waals surface area contributed by atoms with E-state index in [-0.39, 0.29) is 11.7 Å². The van der Waals surface area contributed by atoms with Gasteiger partial charge in [-0.3, -0.25) is 0 Å². The van der Waals surface area contributed by atoms with Gasteiger partial charge in [0.1, 0.15) is 11.6 Å². The molecule has 2 nitrogen and oxygen atoms in total. The number of ether oxygens (including phenoxy) is 1. The van der Waals surface area contributed by atoms with Crippen molar-refractivity contribution in [1.82, 2.24) is 0 Å². The highest BCUT2D eigenvalue weighted by Gasteiger charge is 2.18. The van der Waals surface area contributed by atoms with Crippen LogP contribution in [-0.2, 0) is 0 Å². The summed E-state index contributed by atoms with van der Waals surface area (Å²) in [5.74, 6) is 1.23. The molecule has 0 aromatic heterocycles. The van der Waals surface area contributed by atoms with Crippen LogP contribution in [0.4, 0.5) is 4.39 Å². The minimum atomic E-state index is -0.213. The molecule has 0 amide bonds. The van der Waals surface area contributed by atoms with E-state index in [1.54, 1.807) is 12.1 Å². The van der Waals surface area contributed by atoms with Gasteiger partial charge in [-0.2, -0.15) is 0 Å². The first kappa shape index (κ1) is 14.0. The fourth-order valence-electron chi connectivity index (χ4n) is 1.98. The van der Waals surface area contributed by atoms with Crippen LogP contribution in [0, 0.1) is 11.7 Å². The third-order valence-corrected chi connectivity index (χ3v) is 3.24. The Bertz CT molecular complexity index is 354. The third-order valence-electron chi connectivity index (χ3n) is 3.24. The Morgan fingerprint density at radius 2 is 2.06 bits per heavy atom. The van der Waals surface area contributed by atoms with E-state index < -0.39 is 0 Å². The van der Waals surface area contributed by atoms with Crippen molar-refractivity contribution in [2.45, 2.75) is 33.1 Å². The Morgan fingerprint density at radius 3 is 2.65 bits per heavy atom. The molecule has 2 N–H and O–H groups in total. The molecule has 2 unspecified atom stereocenters.